The Balaban J connectivity index is 1.77. The zero-order valence-electron chi connectivity index (χ0n) is 16.6. The molecule has 1 aliphatic rings. The largest absolute Gasteiger partial charge is 0.465 e. The monoisotopic (exact) mass is 395 g/mol. The lowest BCUT2D eigenvalue weighted by Crippen LogP contribution is -2.36. The first kappa shape index (κ1) is 20.5. The van der Waals surface area contributed by atoms with Gasteiger partial charge in [0, 0.05) is 17.9 Å². The molecule has 1 fully saturated rings. The SMILES string of the molecule is COC(=O)c1cccc(NC(=NCC2CCCO2)NC(=O)c2ccc(C)cc2)c1. The fraction of sp³-hybridized carbons (Fsp3) is 0.318. The number of anilines is 1. The van der Waals surface area contributed by atoms with E-state index in [1.807, 2.05) is 19.1 Å². The summed E-state index contributed by atoms with van der Waals surface area (Å²) in [6, 6.07) is 14.1. The van der Waals surface area contributed by atoms with Crippen LogP contribution in [0.2, 0.25) is 0 Å². The van der Waals surface area contributed by atoms with Gasteiger partial charge in [-0.1, -0.05) is 23.8 Å². The Bertz CT molecular complexity index is 887. The molecule has 1 amide bonds. The van der Waals surface area contributed by atoms with Crippen LogP contribution in [0.4, 0.5) is 5.69 Å². The van der Waals surface area contributed by atoms with Gasteiger partial charge < -0.3 is 14.8 Å². The van der Waals surface area contributed by atoms with Gasteiger partial charge in [-0.25, -0.2) is 9.79 Å². The van der Waals surface area contributed by atoms with E-state index in [0.29, 0.717) is 29.3 Å². The van der Waals surface area contributed by atoms with Gasteiger partial charge in [-0.3, -0.25) is 10.1 Å². The number of guanidine groups is 1. The predicted molar refractivity (Wildman–Crippen MR) is 111 cm³/mol. The minimum atomic E-state index is -0.435. The molecule has 1 heterocycles. The predicted octanol–water partition coefficient (Wildman–Crippen LogP) is 3.16. The highest BCUT2D eigenvalue weighted by atomic mass is 16.5. The Labute approximate surface area is 170 Å². The van der Waals surface area contributed by atoms with E-state index in [4.69, 9.17) is 9.47 Å². The molecule has 2 aromatic carbocycles. The lowest BCUT2D eigenvalue weighted by molar-refractivity contribution is 0.0600. The second kappa shape index (κ2) is 9.84. The molecule has 1 aliphatic heterocycles. The van der Waals surface area contributed by atoms with Gasteiger partial charge in [0.1, 0.15) is 0 Å². The van der Waals surface area contributed by atoms with Crippen LogP contribution in [0.5, 0.6) is 0 Å². The van der Waals surface area contributed by atoms with Crippen molar-refractivity contribution in [2.45, 2.75) is 25.9 Å². The van der Waals surface area contributed by atoms with Gasteiger partial charge in [0.2, 0.25) is 5.96 Å². The maximum atomic E-state index is 12.6. The van der Waals surface area contributed by atoms with Gasteiger partial charge in [0.15, 0.2) is 0 Å². The van der Waals surface area contributed by atoms with Crippen LogP contribution in [-0.2, 0) is 9.47 Å². The number of esters is 1. The third-order valence-electron chi connectivity index (χ3n) is 4.57. The smallest absolute Gasteiger partial charge is 0.337 e. The summed E-state index contributed by atoms with van der Waals surface area (Å²) in [5, 5.41) is 5.91. The summed E-state index contributed by atoms with van der Waals surface area (Å²) in [6.45, 7) is 3.14. The molecule has 2 aromatic rings. The normalized spacial score (nSPS) is 16.3. The molecular weight excluding hydrogens is 370 g/mol. The highest BCUT2D eigenvalue weighted by Gasteiger charge is 2.16. The van der Waals surface area contributed by atoms with Crippen LogP contribution in [0.25, 0.3) is 0 Å². The molecule has 1 atom stereocenters. The van der Waals surface area contributed by atoms with Crippen LogP contribution in [0.15, 0.2) is 53.5 Å². The van der Waals surface area contributed by atoms with Crippen molar-refractivity contribution in [3.05, 3.63) is 65.2 Å². The summed E-state index contributed by atoms with van der Waals surface area (Å²) in [7, 11) is 1.33. The first-order valence-electron chi connectivity index (χ1n) is 9.54. The van der Waals surface area contributed by atoms with Crippen molar-refractivity contribution >= 4 is 23.5 Å². The summed E-state index contributed by atoms with van der Waals surface area (Å²) < 4.78 is 10.4. The van der Waals surface area contributed by atoms with Crippen LogP contribution in [-0.4, -0.2) is 44.2 Å². The summed E-state index contributed by atoms with van der Waals surface area (Å²) in [5.74, 6) is -0.406. The molecule has 2 N–H and O–H groups in total. The average Bonchev–Trinajstić information content (AvgIpc) is 3.25. The summed E-state index contributed by atoms with van der Waals surface area (Å²) in [5.41, 5.74) is 2.63. The Morgan fingerprint density at radius 3 is 2.66 bits per heavy atom. The Kier molecular flexibility index (Phi) is 6.97. The number of methoxy groups -OCH3 is 1. The second-order valence-electron chi connectivity index (χ2n) is 6.84. The van der Waals surface area contributed by atoms with Gasteiger partial charge in [0.05, 0.1) is 25.3 Å². The van der Waals surface area contributed by atoms with E-state index in [1.165, 1.54) is 7.11 Å². The fourth-order valence-corrected chi connectivity index (χ4v) is 2.95. The van der Waals surface area contributed by atoms with E-state index in [1.54, 1.807) is 36.4 Å². The topological polar surface area (TPSA) is 89.0 Å². The molecule has 0 bridgehead atoms. The number of benzene rings is 2. The van der Waals surface area contributed by atoms with Crippen LogP contribution in [0.1, 0.15) is 39.1 Å². The van der Waals surface area contributed by atoms with Crippen molar-refractivity contribution in [1.29, 1.82) is 0 Å². The Hall–Kier alpha value is -3.19. The summed E-state index contributed by atoms with van der Waals surface area (Å²) in [4.78, 5) is 28.9. The second-order valence-corrected chi connectivity index (χ2v) is 6.84. The maximum Gasteiger partial charge on any atom is 0.337 e. The summed E-state index contributed by atoms with van der Waals surface area (Å²) in [6.07, 6.45) is 2.00. The van der Waals surface area contributed by atoms with E-state index in [9.17, 15) is 9.59 Å². The minimum absolute atomic E-state index is 0.0458. The summed E-state index contributed by atoms with van der Waals surface area (Å²) >= 11 is 0. The molecule has 3 rings (SSSR count). The molecule has 0 aromatic heterocycles. The molecule has 0 radical (unpaired) electrons. The number of nitrogens with zero attached hydrogens (tertiary/aromatic N) is 1. The van der Waals surface area contributed by atoms with Gasteiger partial charge in [-0.15, -0.1) is 0 Å². The number of ether oxygens (including phenoxy) is 2. The first-order chi connectivity index (χ1) is 14.0. The van der Waals surface area contributed by atoms with Crippen molar-refractivity contribution in [2.24, 2.45) is 4.99 Å². The van der Waals surface area contributed by atoms with Crippen molar-refractivity contribution in [3.8, 4) is 0 Å². The van der Waals surface area contributed by atoms with E-state index in [0.717, 1.165) is 25.0 Å². The van der Waals surface area contributed by atoms with Gasteiger partial charge in [-0.05, 0) is 50.1 Å². The van der Waals surface area contributed by atoms with Crippen molar-refractivity contribution < 1.29 is 19.1 Å². The number of nitrogens with one attached hydrogen (secondary N) is 2. The highest BCUT2D eigenvalue weighted by Crippen LogP contribution is 2.14. The van der Waals surface area contributed by atoms with Crippen LogP contribution < -0.4 is 10.6 Å². The number of hydrogen-bond donors (Lipinski definition) is 2. The van der Waals surface area contributed by atoms with Gasteiger partial charge >= 0.3 is 5.97 Å². The van der Waals surface area contributed by atoms with E-state index in [-0.39, 0.29) is 12.0 Å². The van der Waals surface area contributed by atoms with Gasteiger partial charge in [-0.2, -0.15) is 0 Å². The van der Waals surface area contributed by atoms with E-state index in [2.05, 4.69) is 15.6 Å². The maximum absolute atomic E-state index is 12.6. The molecule has 1 unspecified atom stereocenters. The van der Waals surface area contributed by atoms with Crippen LogP contribution >= 0.6 is 0 Å². The molecule has 0 aliphatic carbocycles. The molecule has 0 saturated carbocycles. The number of carbonyl (C=O) groups is 2. The molecule has 7 nitrogen and oxygen atoms in total. The number of aliphatic imine (C=N–C) groups is 1. The average molecular weight is 395 g/mol. The van der Waals surface area contributed by atoms with Crippen LogP contribution in [0.3, 0.4) is 0 Å². The molecule has 7 heteroatoms. The van der Waals surface area contributed by atoms with Crippen molar-refractivity contribution in [1.82, 2.24) is 5.32 Å². The molecular formula is C22H25N3O4. The fourth-order valence-electron chi connectivity index (χ4n) is 2.95. The zero-order chi connectivity index (χ0) is 20.6. The molecule has 0 spiro atoms. The highest BCUT2D eigenvalue weighted by molar-refractivity contribution is 6.10. The number of hydrogen-bond acceptors (Lipinski definition) is 5. The van der Waals surface area contributed by atoms with E-state index < -0.39 is 5.97 Å². The van der Waals surface area contributed by atoms with Crippen LogP contribution in [0, 0.1) is 6.92 Å². The first-order valence-corrected chi connectivity index (χ1v) is 9.54. The van der Waals surface area contributed by atoms with Crippen molar-refractivity contribution in [3.63, 3.8) is 0 Å². The third-order valence-corrected chi connectivity index (χ3v) is 4.57. The lowest BCUT2D eigenvalue weighted by atomic mass is 10.1. The number of carbonyl (C=O) groups excluding carboxylic acids is 2. The zero-order valence-corrected chi connectivity index (χ0v) is 16.6. The Morgan fingerprint density at radius 2 is 1.97 bits per heavy atom. The van der Waals surface area contributed by atoms with Crippen molar-refractivity contribution in [2.75, 3.05) is 25.6 Å². The number of rotatable bonds is 5. The lowest BCUT2D eigenvalue weighted by Gasteiger charge is -2.14. The van der Waals surface area contributed by atoms with Gasteiger partial charge in [0.25, 0.3) is 5.91 Å². The molecule has 29 heavy (non-hydrogen) atoms. The quantitative estimate of drug-likeness (QED) is 0.461. The molecule has 152 valence electrons. The molecule has 1 saturated heterocycles. The van der Waals surface area contributed by atoms with E-state index >= 15 is 0 Å². The standard InChI is InChI=1S/C22H25N3O4/c1-15-8-10-16(11-9-15)20(26)25-22(23-14-19-7-4-12-29-19)24-18-6-3-5-17(13-18)21(27)28-2/h3,5-6,8-11,13,19H,4,7,12,14H2,1-2H3,(H2,23,24,25,26). The third kappa shape index (κ3) is 5.89. The number of aryl methyl sites for hydroxylation is 1. The minimum Gasteiger partial charge on any atom is -0.465 e. The number of amides is 1. The Morgan fingerprint density at radius 1 is 1.17 bits per heavy atom.